The number of anilines is 1. The van der Waals surface area contributed by atoms with E-state index in [1.165, 1.54) is 29.7 Å². The van der Waals surface area contributed by atoms with Gasteiger partial charge in [0.05, 0.1) is 0 Å². The summed E-state index contributed by atoms with van der Waals surface area (Å²) >= 11 is 0. The van der Waals surface area contributed by atoms with Crippen LogP contribution in [0.25, 0.3) is 0 Å². The molecule has 0 aromatic heterocycles. The highest BCUT2D eigenvalue weighted by atomic mass is 15.1. The number of likely N-dealkylation sites (N-methyl/N-ethyl adjacent to an activating group) is 1. The maximum absolute atomic E-state index is 3.53. The van der Waals surface area contributed by atoms with Crippen molar-refractivity contribution in [1.82, 2.24) is 5.32 Å². The maximum Gasteiger partial charge on any atom is 0.0369 e. The zero-order valence-electron chi connectivity index (χ0n) is 13.3. The van der Waals surface area contributed by atoms with Gasteiger partial charge in [0.15, 0.2) is 0 Å². The fourth-order valence-corrected chi connectivity index (χ4v) is 2.31. The quantitative estimate of drug-likeness (QED) is 0.718. The molecule has 0 heterocycles. The Morgan fingerprint density at radius 2 is 1.68 bits per heavy atom. The number of hydrogen-bond acceptors (Lipinski definition) is 2. The minimum Gasteiger partial charge on any atom is -0.373 e. The summed E-state index contributed by atoms with van der Waals surface area (Å²) in [5.74, 6) is 0.819. The van der Waals surface area contributed by atoms with Gasteiger partial charge < -0.3 is 10.2 Å². The Hall–Kier alpha value is -1.02. The van der Waals surface area contributed by atoms with Crippen LogP contribution in [0.5, 0.6) is 0 Å². The van der Waals surface area contributed by atoms with Crippen LogP contribution in [0.3, 0.4) is 0 Å². The molecule has 0 atom stereocenters. The Morgan fingerprint density at radius 1 is 1.05 bits per heavy atom. The van der Waals surface area contributed by atoms with E-state index in [0.717, 1.165) is 25.6 Å². The molecule has 0 bridgehead atoms. The molecule has 108 valence electrons. The van der Waals surface area contributed by atoms with Crippen molar-refractivity contribution in [3.63, 3.8) is 0 Å². The van der Waals surface area contributed by atoms with E-state index in [1.807, 2.05) is 0 Å². The second kappa shape index (κ2) is 8.21. The first-order valence-corrected chi connectivity index (χ1v) is 7.49. The predicted molar refractivity (Wildman–Crippen MR) is 86.1 cm³/mol. The lowest BCUT2D eigenvalue weighted by molar-refractivity contribution is 0.529. The Bertz CT molecular complexity index is 351. The minimum absolute atomic E-state index is 0.819. The molecule has 1 aromatic rings. The highest BCUT2D eigenvalue weighted by molar-refractivity contribution is 5.50. The normalized spacial score (nSPS) is 11.1. The Balaban J connectivity index is 2.25. The molecule has 0 aliphatic heterocycles. The number of nitrogens with one attached hydrogen (secondary N) is 1. The van der Waals surface area contributed by atoms with Crippen LogP contribution in [0, 0.1) is 19.8 Å². The molecule has 19 heavy (non-hydrogen) atoms. The Labute approximate surface area is 119 Å². The van der Waals surface area contributed by atoms with Gasteiger partial charge in [-0.1, -0.05) is 19.9 Å². The zero-order valence-corrected chi connectivity index (χ0v) is 13.3. The van der Waals surface area contributed by atoms with Crippen molar-refractivity contribution in [3.8, 4) is 0 Å². The van der Waals surface area contributed by atoms with Gasteiger partial charge in [0.2, 0.25) is 0 Å². The van der Waals surface area contributed by atoms with E-state index in [4.69, 9.17) is 0 Å². The second-order valence-corrected chi connectivity index (χ2v) is 6.05. The molecule has 0 fully saturated rings. The molecular weight excluding hydrogens is 232 g/mol. The molecule has 0 aliphatic rings. The van der Waals surface area contributed by atoms with Gasteiger partial charge in [-0.2, -0.15) is 0 Å². The van der Waals surface area contributed by atoms with E-state index in [0.29, 0.717) is 0 Å². The molecule has 0 saturated heterocycles. The Morgan fingerprint density at radius 3 is 2.26 bits per heavy atom. The van der Waals surface area contributed by atoms with Gasteiger partial charge in [0.25, 0.3) is 0 Å². The average molecular weight is 262 g/mol. The highest BCUT2D eigenvalue weighted by Gasteiger charge is 2.02. The van der Waals surface area contributed by atoms with E-state index in [9.17, 15) is 0 Å². The third-order valence-corrected chi connectivity index (χ3v) is 3.41. The largest absolute Gasteiger partial charge is 0.373 e. The minimum atomic E-state index is 0.819. The van der Waals surface area contributed by atoms with Gasteiger partial charge in [0, 0.05) is 25.8 Å². The molecule has 2 heteroatoms. The SMILES string of the molecule is Cc1cc(C)cc(N(C)CCNCCCC(C)C)c1. The highest BCUT2D eigenvalue weighted by Crippen LogP contribution is 2.16. The van der Waals surface area contributed by atoms with E-state index < -0.39 is 0 Å². The number of benzene rings is 1. The molecule has 0 spiro atoms. The molecule has 0 amide bonds. The summed E-state index contributed by atoms with van der Waals surface area (Å²) in [5, 5.41) is 3.53. The molecule has 0 saturated carbocycles. The first-order chi connectivity index (χ1) is 8.99. The van der Waals surface area contributed by atoms with Crippen molar-refractivity contribution >= 4 is 5.69 Å². The summed E-state index contributed by atoms with van der Waals surface area (Å²) < 4.78 is 0. The first kappa shape index (κ1) is 16.0. The van der Waals surface area contributed by atoms with Gasteiger partial charge in [-0.25, -0.2) is 0 Å². The summed E-state index contributed by atoms with van der Waals surface area (Å²) in [5.41, 5.74) is 4.00. The summed E-state index contributed by atoms with van der Waals surface area (Å²) in [6.07, 6.45) is 2.60. The monoisotopic (exact) mass is 262 g/mol. The summed E-state index contributed by atoms with van der Waals surface area (Å²) in [4.78, 5) is 2.33. The van der Waals surface area contributed by atoms with Gasteiger partial charge in [-0.05, 0) is 62.4 Å². The first-order valence-electron chi connectivity index (χ1n) is 7.49. The van der Waals surface area contributed by atoms with Gasteiger partial charge >= 0.3 is 0 Å². The van der Waals surface area contributed by atoms with E-state index in [2.05, 4.69) is 63.2 Å². The molecule has 1 N–H and O–H groups in total. The average Bonchev–Trinajstić information content (AvgIpc) is 2.31. The smallest absolute Gasteiger partial charge is 0.0369 e. The second-order valence-electron chi connectivity index (χ2n) is 6.05. The van der Waals surface area contributed by atoms with Crippen LogP contribution < -0.4 is 10.2 Å². The molecular formula is C17H30N2. The maximum atomic E-state index is 3.53. The molecule has 0 aliphatic carbocycles. The van der Waals surface area contributed by atoms with Crippen molar-refractivity contribution in [2.45, 2.75) is 40.5 Å². The van der Waals surface area contributed by atoms with Crippen LogP contribution in [0.1, 0.15) is 37.8 Å². The zero-order chi connectivity index (χ0) is 14.3. The Kier molecular flexibility index (Phi) is 6.93. The van der Waals surface area contributed by atoms with Crippen LogP contribution in [0.15, 0.2) is 18.2 Å². The van der Waals surface area contributed by atoms with Gasteiger partial charge in [0.1, 0.15) is 0 Å². The summed E-state index contributed by atoms with van der Waals surface area (Å²) in [6.45, 7) is 12.1. The lowest BCUT2D eigenvalue weighted by atomic mass is 10.1. The lowest BCUT2D eigenvalue weighted by Crippen LogP contribution is -2.29. The van der Waals surface area contributed by atoms with Crippen LogP contribution in [-0.2, 0) is 0 Å². The molecule has 0 unspecified atom stereocenters. The third kappa shape index (κ3) is 6.63. The van der Waals surface area contributed by atoms with Gasteiger partial charge in [-0.3, -0.25) is 0 Å². The number of rotatable bonds is 8. The standard InChI is InChI=1S/C17H30N2/c1-14(2)7-6-8-18-9-10-19(5)17-12-15(3)11-16(4)13-17/h11-14,18H,6-10H2,1-5H3. The van der Waals surface area contributed by atoms with Crippen molar-refractivity contribution in [3.05, 3.63) is 29.3 Å². The lowest BCUT2D eigenvalue weighted by Gasteiger charge is -2.20. The number of hydrogen-bond donors (Lipinski definition) is 1. The number of nitrogens with zero attached hydrogens (tertiary/aromatic N) is 1. The van der Waals surface area contributed by atoms with Crippen molar-refractivity contribution in [2.24, 2.45) is 5.92 Å². The molecule has 2 nitrogen and oxygen atoms in total. The van der Waals surface area contributed by atoms with Crippen LogP contribution in [-0.4, -0.2) is 26.7 Å². The molecule has 1 aromatic carbocycles. The van der Waals surface area contributed by atoms with Crippen molar-refractivity contribution < 1.29 is 0 Å². The van der Waals surface area contributed by atoms with E-state index in [-0.39, 0.29) is 0 Å². The fraction of sp³-hybridized carbons (Fsp3) is 0.647. The molecule has 0 radical (unpaired) electrons. The van der Waals surface area contributed by atoms with Crippen LogP contribution >= 0.6 is 0 Å². The van der Waals surface area contributed by atoms with E-state index in [1.54, 1.807) is 0 Å². The summed E-state index contributed by atoms with van der Waals surface area (Å²) in [6, 6.07) is 6.74. The van der Waals surface area contributed by atoms with Crippen molar-refractivity contribution in [1.29, 1.82) is 0 Å². The van der Waals surface area contributed by atoms with E-state index >= 15 is 0 Å². The van der Waals surface area contributed by atoms with Crippen LogP contribution in [0.2, 0.25) is 0 Å². The summed E-state index contributed by atoms with van der Waals surface area (Å²) in [7, 11) is 2.17. The third-order valence-electron chi connectivity index (χ3n) is 3.41. The predicted octanol–water partition coefficient (Wildman–Crippen LogP) is 3.77. The fourth-order valence-electron chi connectivity index (χ4n) is 2.31. The number of aryl methyl sites for hydroxylation is 2. The topological polar surface area (TPSA) is 15.3 Å². The molecule has 1 rings (SSSR count). The van der Waals surface area contributed by atoms with Crippen LogP contribution in [0.4, 0.5) is 5.69 Å². The van der Waals surface area contributed by atoms with Crippen molar-refractivity contribution in [2.75, 3.05) is 31.6 Å². The van der Waals surface area contributed by atoms with Gasteiger partial charge in [-0.15, -0.1) is 0 Å².